The number of nitrogens with one attached hydrogen (secondary N) is 2. The van der Waals surface area contributed by atoms with Gasteiger partial charge in [0.1, 0.15) is 0 Å². The Morgan fingerprint density at radius 3 is 3.11 bits per heavy atom. The minimum atomic E-state index is -3.60. The molecule has 3 rings (SSSR count). The van der Waals surface area contributed by atoms with Crippen molar-refractivity contribution in [1.82, 2.24) is 10.0 Å². The van der Waals surface area contributed by atoms with Crippen LogP contribution in [0.3, 0.4) is 0 Å². The van der Waals surface area contributed by atoms with E-state index in [1.165, 1.54) is 6.26 Å². The second-order valence-electron chi connectivity index (χ2n) is 5.04. The molecule has 1 aliphatic carbocycles. The fraction of sp³-hybridized carbons (Fsp3) is 0.636. The lowest BCUT2D eigenvalue weighted by Gasteiger charge is -2.28. The number of furan rings is 1. The van der Waals surface area contributed by atoms with E-state index >= 15 is 0 Å². The molecule has 2 N–H and O–H groups in total. The summed E-state index contributed by atoms with van der Waals surface area (Å²) in [5, 5.41) is 3.25. The molecule has 100 valence electrons. The number of hydrogen-bond acceptors (Lipinski definition) is 4. The van der Waals surface area contributed by atoms with Gasteiger partial charge in [-0.15, -0.1) is 0 Å². The smallest absolute Gasteiger partial charge is 0.275 e. The quantitative estimate of drug-likeness (QED) is 0.877. The van der Waals surface area contributed by atoms with Gasteiger partial charge in [-0.3, -0.25) is 0 Å². The Bertz CT molecular complexity index is 544. The summed E-state index contributed by atoms with van der Waals surface area (Å²) in [6.45, 7) is 1.59. The third-order valence-electron chi connectivity index (χ3n) is 3.95. The fourth-order valence-corrected chi connectivity index (χ4v) is 5.42. The SMILES string of the molecule is O=S(=O)(N[C@]12CCC[C@H]1CNC2)c1occc1Br. The van der Waals surface area contributed by atoms with Gasteiger partial charge >= 0.3 is 0 Å². The molecule has 2 heterocycles. The van der Waals surface area contributed by atoms with E-state index in [9.17, 15) is 8.42 Å². The highest BCUT2D eigenvalue weighted by atomic mass is 79.9. The van der Waals surface area contributed by atoms with Crippen molar-refractivity contribution in [2.75, 3.05) is 13.1 Å². The first-order chi connectivity index (χ1) is 8.54. The van der Waals surface area contributed by atoms with Crippen molar-refractivity contribution < 1.29 is 12.8 Å². The number of rotatable bonds is 3. The first-order valence-corrected chi connectivity index (χ1v) is 8.29. The summed E-state index contributed by atoms with van der Waals surface area (Å²) in [7, 11) is -3.60. The molecule has 1 aromatic rings. The average molecular weight is 335 g/mol. The van der Waals surface area contributed by atoms with Crippen LogP contribution in [0.5, 0.6) is 0 Å². The third kappa shape index (κ3) is 1.93. The van der Waals surface area contributed by atoms with Crippen LogP contribution in [0, 0.1) is 5.92 Å². The Hall–Kier alpha value is -0.370. The maximum atomic E-state index is 12.3. The molecule has 1 saturated heterocycles. The van der Waals surface area contributed by atoms with Gasteiger partial charge in [0, 0.05) is 12.1 Å². The van der Waals surface area contributed by atoms with Gasteiger partial charge in [-0.2, -0.15) is 0 Å². The minimum Gasteiger partial charge on any atom is -0.451 e. The molecule has 1 aliphatic heterocycles. The van der Waals surface area contributed by atoms with Crippen molar-refractivity contribution in [3.05, 3.63) is 16.8 Å². The Morgan fingerprint density at radius 2 is 2.39 bits per heavy atom. The molecule has 7 heteroatoms. The van der Waals surface area contributed by atoms with Gasteiger partial charge in [0.15, 0.2) is 0 Å². The molecule has 1 saturated carbocycles. The molecule has 1 aromatic heterocycles. The predicted molar refractivity (Wildman–Crippen MR) is 69.7 cm³/mol. The average Bonchev–Trinajstić information content (AvgIpc) is 2.91. The highest BCUT2D eigenvalue weighted by Crippen LogP contribution is 2.39. The van der Waals surface area contributed by atoms with Crippen LogP contribution in [-0.2, 0) is 10.0 Å². The first-order valence-electron chi connectivity index (χ1n) is 6.01. The minimum absolute atomic E-state index is 0.0329. The lowest BCUT2D eigenvalue weighted by atomic mass is 9.92. The maximum absolute atomic E-state index is 12.3. The summed E-state index contributed by atoms with van der Waals surface area (Å²) in [6.07, 6.45) is 4.42. The molecule has 2 fully saturated rings. The monoisotopic (exact) mass is 334 g/mol. The van der Waals surface area contributed by atoms with E-state index in [1.54, 1.807) is 6.07 Å². The van der Waals surface area contributed by atoms with Gasteiger partial charge < -0.3 is 9.73 Å². The Morgan fingerprint density at radius 1 is 1.56 bits per heavy atom. The molecule has 5 nitrogen and oxygen atoms in total. The van der Waals surface area contributed by atoms with E-state index in [4.69, 9.17) is 4.42 Å². The molecule has 0 unspecified atom stereocenters. The van der Waals surface area contributed by atoms with E-state index in [0.29, 0.717) is 16.9 Å². The summed E-state index contributed by atoms with van der Waals surface area (Å²) in [5.41, 5.74) is -0.328. The molecule has 18 heavy (non-hydrogen) atoms. The van der Waals surface area contributed by atoms with E-state index in [2.05, 4.69) is 26.0 Å². The molecule has 2 aliphatic rings. The largest absolute Gasteiger partial charge is 0.451 e. The summed E-state index contributed by atoms with van der Waals surface area (Å²) in [4.78, 5) is 0. The van der Waals surface area contributed by atoms with Crippen LogP contribution < -0.4 is 10.0 Å². The van der Waals surface area contributed by atoms with Crippen LogP contribution in [0.2, 0.25) is 0 Å². The summed E-state index contributed by atoms with van der Waals surface area (Å²) in [6, 6.07) is 1.59. The number of sulfonamides is 1. The molecule has 0 aromatic carbocycles. The van der Waals surface area contributed by atoms with Crippen molar-refractivity contribution in [3.8, 4) is 0 Å². The standard InChI is InChI=1S/C11H15BrN2O3S/c12-9-3-5-17-10(9)18(15,16)14-11-4-1-2-8(11)6-13-7-11/h3,5,8,13-14H,1-2,4,6-7H2/t8-,11-/m0/s1. The van der Waals surface area contributed by atoms with Crippen LogP contribution in [-0.4, -0.2) is 27.0 Å². The zero-order chi connectivity index (χ0) is 12.8. The second-order valence-corrected chi connectivity index (χ2v) is 7.47. The second kappa shape index (κ2) is 4.33. The van der Waals surface area contributed by atoms with E-state index in [-0.39, 0.29) is 10.6 Å². The topological polar surface area (TPSA) is 71.3 Å². The number of fused-ring (bicyclic) bond motifs is 1. The van der Waals surface area contributed by atoms with Gasteiger partial charge in [-0.1, -0.05) is 6.42 Å². The van der Waals surface area contributed by atoms with Gasteiger partial charge in [0.2, 0.25) is 5.09 Å². The van der Waals surface area contributed by atoms with Crippen LogP contribution in [0.15, 0.2) is 26.3 Å². The Kier molecular flexibility index (Phi) is 3.04. The normalized spacial score (nSPS) is 31.7. The van der Waals surface area contributed by atoms with Gasteiger partial charge in [-0.05, 0) is 47.3 Å². The van der Waals surface area contributed by atoms with Crippen molar-refractivity contribution >= 4 is 26.0 Å². The highest BCUT2D eigenvalue weighted by molar-refractivity contribution is 9.10. The molecule has 0 amide bonds. The van der Waals surface area contributed by atoms with Gasteiger partial charge in [0.05, 0.1) is 10.7 Å². The van der Waals surface area contributed by atoms with Crippen LogP contribution >= 0.6 is 15.9 Å². The summed E-state index contributed by atoms with van der Waals surface area (Å²) < 4.78 is 33.1. The molecule has 2 atom stereocenters. The lowest BCUT2D eigenvalue weighted by molar-refractivity contribution is 0.351. The fourth-order valence-electron chi connectivity index (χ4n) is 3.10. The van der Waals surface area contributed by atoms with Crippen molar-refractivity contribution in [1.29, 1.82) is 0 Å². The van der Waals surface area contributed by atoms with Crippen molar-refractivity contribution in [2.24, 2.45) is 5.92 Å². The zero-order valence-corrected chi connectivity index (χ0v) is 12.2. The van der Waals surface area contributed by atoms with Gasteiger partial charge in [0.25, 0.3) is 10.0 Å². The first kappa shape index (κ1) is 12.7. The predicted octanol–water partition coefficient (Wildman–Crippen LogP) is 1.46. The third-order valence-corrected chi connectivity index (χ3v) is 6.32. The van der Waals surface area contributed by atoms with Gasteiger partial charge in [-0.25, -0.2) is 13.1 Å². The Balaban J connectivity index is 1.91. The summed E-state index contributed by atoms with van der Waals surface area (Å²) in [5.74, 6) is 0.390. The van der Waals surface area contributed by atoms with Crippen molar-refractivity contribution in [3.63, 3.8) is 0 Å². The van der Waals surface area contributed by atoms with Crippen LogP contribution in [0.4, 0.5) is 0 Å². The Labute approximate surface area is 114 Å². The molecule has 0 bridgehead atoms. The number of hydrogen-bond donors (Lipinski definition) is 2. The molecular formula is C11H15BrN2O3S. The van der Waals surface area contributed by atoms with E-state index in [1.807, 2.05) is 0 Å². The van der Waals surface area contributed by atoms with Crippen LogP contribution in [0.25, 0.3) is 0 Å². The molecular weight excluding hydrogens is 320 g/mol. The highest BCUT2D eigenvalue weighted by Gasteiger charge is 2.49. The maximum Gasteiger partial charge on any atom is 0.275 e. The van der Waals surface area contributed by atoms with E-state index in [0.717, 1.165) is 25.8 Å². The van der Waals surface area contributed by atoms with Crippen molar-refractivity contribution in [2.45, 2.75) is 29.9 Å². The van der Waals surface area contributed by atoms with Crippen LogP contribution in [0.1, 0.15) is 19.3 Å². The summed E-state index contributed by atoms with van der Waals surface area (Å²) >= 11 is 3.19. The van der Waals surface area contributed by atoms with E-state index < -0.39 is 10.0 Å². The number of halogens is 1. The molecule has 0 radical (unpaired) electrons. The lowest BCUT2D eigenvalue weighted by Crippen LogP contribution is -2.51. The molecule has 0 spiro atoms. The zero-order valence-electron chi connectivity index (χ0n) is 9.78.